The minimum Gasteiger partial charge on any atom is -0.466 e. The molecule has 8 heteroatoms. The quantitative estimate of drug-likeness (QED) is 0.381. The van der Waals surface area contributed by atoms with Crippen LogP contribution in [0.1, 0.15) is 67.7 Å². The molecule has 1 fully saturated rings. The van der Waals surface area contributed by atoms with Crippen LogP contribution in [0, 0.1) is 0 Å². The number of likely N-dealkylation sites (tertiary alicyclic amines) is 1. The minimum absolute atomic E-state index is 0.00555. The van der Waals surface area contributed by atoms with Crippen LogP contribution in [0.5, 0.6) is 0 Å². The molecule has 1 heterocycles. The van der Waals surface area contributed by atoms with E-state index in [1.807, 2.05) is 0 Å². The molecule has 1 aromatic rings. The Morgan fingerprint density at radius 1 is 1.14 bits per heavy atom. The fourth-order valence-electron chi connectivity index (χ4n) is 4.05. The lowest BCUT2D eigenvalue weighted by molar-refractivity contribution is -0.143. The van der Waals surface area contributed by atoms with E-state index in [1.165, 1.54) is 17.0 Å². The zero-order chi connectivity index (χ0) is 20.5. The Morgan fingerprint density at radius 3 is 2.54 bits per heavy atom. The van der Waals surface area contributed by atoms with E-state index in [4.69, 9.17) is 4.74 Å². The molecule has 0 radical (unpaired) electrons. The summed E-state index contributed by atoms with van der Waals surface area (Å²) in [6.07, 6.45) is -1.55. The average molecular weight is 397 g/mol. The number of hydrogen-bond acceptors (Lipinski definition) is 4. The van der Waals surface area contributed by atoms with Gasteiger partial charge in [-0.25, -0.2) is 0 Å². The van der Waals surface area contributed by atoms with Gasteiger partial charge in [0, 0.05) is 13.0 Å². The van der Waals surface area contributed by atoms with Crippen LogP contribution in [0.4, 0.5) is 13.2 Å². The number of amides is 1. The molecule has 3 aliphatic rings. The van der Waals surface area contributed by atoms with Gasteiger partial charge in [0.25, 0.3) is 5.91 Å². The van der Waals surface area contributed by atoms with Crippen molar-refractivity contribution in [3.63, 3.8) is 0 Å². The third-order valence-corrected chi connectivity index (χ3v) is 5.30. The number of halogens is 3. The Morgan fingerprint density at radius 2 is 1.86 bits per heavy atom. The number of hydrogen-bond donors (Lipinski definition) is 0. The first-order valence-electron chi connectivity index (χ1n) is 9.47. The van der Waals surface area contributed by atoms with Crippen LogP contribution in [-0.4, -0.2) is 35.7 Å². The topological polar surface area (TPSA) is 63.7 Å². The lowest BCUT2D eigenvalue weighted by atomic mass is 9.78. The van der Waals surface area contributed by atoms with Crippen molar-refractivity contribution in [3.05, 3.63) is 34.9 Å². The second kappa shape index (κ2) is 7.93. The van der Waals surface area contributed by atoms with Crippen molar-refractivity contribution < 1.29 is 32.3 Å². The molecule has 1 unspecified atom stereocenters. The number of nitrogens with zero attached hydrogens (tertiary/aromatic N) is 1. The molecule has 1 amide bonds. The van der Waals surface area contributed by atoms with E-state index in [1.54, 1.807) is 6.92 Å². The standard InChI is InChI=1S/C20H22F3NO4/c1-2-28-15(25)7-5-3-4-6-10-24-17-13-9-8-12(11-14(13)20(21,22)23)16(17)18(26)19(24)27/h8-9,11,16-17H,2-7,10H2,1H3/t16?,17-/m0/s1. The van der Waals surface area contributed by atoms with Gasteiger partial charge in [0.1, 0.15) is 0 Å². The van der Waals surface area contributed by atoms with Gasteiger partial charge in [-0.2, -0.15) is 13.2 Å². The van der Waals surface area contributed by atoms with Gasteiger partial charge in [-0.3, -0.25) is 14.4 Å². The number of carbonyl (C=O) groups excluding carboxylic acids is 3. The summed E-state index contributed by atoms with van der Waals surface area (Å²) in [6, 6.07) is 3.00. The van der Waals surface area contributed by atoms with Crippen molar-refractivity contribution in [1.29, 1.82) is 0 Å². The molecule has 1 aliphatic heterocycles. The maximum absolute atomic E-state index is 13.3. The molecule has 0 spiro atoms. The minimum atomic E-state index is -4.52. The van der Waals surface area contributed by atoms with Crippen molar-refractivity contribution in [2.24, 2.45) is 0 Å². The third kappa shape index (κ3) is 3.77. The summed E-state index contributed by atoms with van der Waals surface area (Å²) < 4.78 is 44.8. The molecule has 0 aromatic heterocycles. The molecule has 1 aromatic carbocycles. The van der Waals surface area contributed by atoms with Crippen molar-refractivity contribution in [1.82, 2.24) is 4.90 Å². The molecule has 2 bridgehead atoms. The van der Waals surface area contributed by atoms with Gasteiger partial charge in [-0.15, -0.1) is 0 Å². The highest BCUT2D eigenvalue weighted by Gasteiger charge is 2.53. The van der Waals surface area contributed by atoms with Gasteiger partial charge in [-0.1, -0.05) is 25.0 Å². The van der Waals surface area contributed by atoms with E-state index in [-0.39, 0.29) is 23.6 Å². The van der Waals surface area contributed by atoms with Crippen LogP contribution in [0.2, 0.25) is 0 Å². The summed E-state index contributed by atoms with van der Waals surface area (Å²) in [5.41, 5.74) is -0.523. The van der Waals surface area contributed by atoms with Crippen LogP contribution < -0.4 is 0 Å². The molecule has 2 aliphatic carbocycles. The van der Waals surface area contributed by atoms with Gasteiger partial charge in [0.05, 0.1) is 24.1 Å². The van der Waals surface area contributed by atoms with Crippen LogP contribution >= 0.6 is 0 Å². The second-order valence-electron chi connectivity index (χ2n) is 7.10. The molecule has 0 N–H and O–H groups in total. The Balaban J connectivity index is 1.62. The summed E-state index contributed by atoms with van der Waals surface area (Å²) in [7, 11) is 0. The number of esters is 1. The van der Waals surface area contributed by atoms with Crippen molar-refractivity contribution in [3.8, 4) is 0 Å². The van der Waals surface area contributed by atoms with Crippen LogP contribution in [0.15, 0.2) is 18.2 Å². The Bertz CT molecular complexity index is 790. The highest BCUT2D eigenvalue weighted by Crippen LogP contribution is 2.51. The van der Waals surface area contributed by atoms with Crippen LogP contribution in [-0.2, 0) is 25.3 Å². The van der Waals surface area contributed by atoms with Gasteiger partial charge >= 0.3 is 12.1 Å². The summed E-state index contributed by atoms with van der Waals surface area (Å²) in [4.78, 5) is 37.3. The molecule has 5 nitrogen and oxygen atoms in total. The molecule has 152 valence electrons. The zero-order valence-corrected chi connectivity index (χ0v) is 15.6. The van der Waals surface area contributed by atoms with Crippen LogP contribution in [0.25, 0.3) is 0 Å². The van der Waals surface area contributed by atoms with Gasteiger partial charge in [-0.05, 0) is 37.0 Å². The van der Waals surface area contributed by atoms with E-state index >= 15 is 0 Å². The zero-order valence-electron chi connectivity index (χ0n) is 15.6. The largest absolute Gasteiger partial charge is 0.466 e. The third-order valence-electron chi connectivity index (χ3n) is 5.30. The van der Waals surface area contributed by atoms with Gasteiger partial charge in [0.15, 0.2) is 0 Å². The highest BCUT2D eigenvalue weighted by atomic mass is 19.4. The van der Waals surface area contributed by atoms with Gasteiger partial charge in [0.2, 0.25) is 5.78 Å². The number of unbranched alkanes of at least 4 members (excludes halogenated alkanes) is 3. The summed E-state index contributed by atoms with van der Waals surface area (Å²) in [6.45, 7) is 2.30. The number of rotatable bonds is 8. The fraction of sp³-hybridized carbons (Fsp3) is 0.550. The fourth-order valence-corrected chi connectivity index (χ4v) is 4.05. The predicted molar refractivity (Wildman–Crippen MR) is 93.4 cm³/mol. The SMILES string of the molecule is CCOC(=O)CCCCCCN1C(=O)C(=O)C2c3ccc(c(C(F)(F)F)c3)[C@@H]21. The lowest BCUT2D eigenvalue weighted by Crippen LogP contribution is -2.33. The van der Waals surface area contributed by atoms with E-state index in [0.29, 0.717) is 32.3 Å². The number of ketones is 1. The lowest BCUT2D eigenvalue weighted by Gasteiger charge is -2.34. The van der Waals surface area contributed by atoms with Crippen molar-refractivity contribution >= 4 is 17.7 Å². The Hall–Kier alpha value is -2.38. The smallest absolute Gasteiger partial charge is 0.416 e. The maximum atomic E-state index is 13.3. The monoisotopic (exact) mass is 397 g/mol. The number of alkyl halides is 3. The summed E-state index contributed by atoms with van der Waals surface area (Å²) >= 11 is 0. The molecular formula is C20H22F3NO4. The number of fused-ring (bicyclic) bond motifs is 2. The van der Waals surface area contributed by atoms with E-state index in [2.05, 4.69) is 0 Å². The summed E-state index contributed by atoms with van der Waals surface area (Å²) in [5, 5.41) is 0. The number of carbonyl (C=O) groups is 3. The molecule has 4 rings (SSSR count). The molecular weight excluding hydrogens is 375 g/mol. The second-order valence-corrected chi connectivity index (χ2v) is 7.10. The first-order valence-corrected chi connectivity index (χ1v) is 9.47. The van der Waals surface area contributed by atoms with Crippen molar-refractivity contribution in [2.75, 3.05) is 13.2 Å². The van der Waals surface area contributed by atoms with Crippen LogP contribution in [0.3, 0.4) is 0 Å². The molecule has 1 saturated heterocycles. The first-order chi connectivity index (χ1) is 13.3. The predicted octanol–water partition coefficient (Wildman–Crippen LogP) is 3.77. The molecule has 0 saturated carbocycles. The maximum Gasteiger partial charge on any atom is 0.416 e. The van der Waals surface area contributed by atoms with E-state index < -0.39 is 35.4 Å². The van der Waals surface area contributed by atoms with Crippen molar-refractivity contribution in [2.45, 2.75) is 57.2 Å². The van der Waals surface area contributed by atoms with Gasteiger partial charge < -0.3 is 9.64 Å². The number of benzene rings is 1. The highest BCUT2D eigenvalue weighted by molar-refractivity contribution is 6.40. The van der Waals surface area contributed by atoms with E-state index in [0.717, 1.165) is 12.5 Å². The van der Waals surface area contributed by atoms with E-state index in [9.17, 15) is 27.6 Å². The average Bonchev–Trinajstić information content (AvgIpc) is 2.91. The Kier molecular flexibility index (Phi) is 5.76. The normalized spacial score (nSPS) is 20.6. The molecule has 28 heavy (non-hydrogen) atoms. The number of ether oxygens (including phenoxy) is 1. The number of Topliss-reactive ketones (excluding diaryl/α,β-unsaturated/α-hetero) is 1. The Labute approximate surface area is 160 Å². The first kappa shape index (κ1) is 20.4. The molecule has 2 atom stereocenters. The summed E-state index contributed by atoms with van der Waals surface area (Å²) in [5.74, 6) is -2.43.